The summed E-state index contributed by atoms with van der Waals surface area (Å²) in [6.45, 7) is 3.52. The molecule has 1 N–H and O–H groups in total. The van der Waals surface area contributed by atoms with Gasteiger partial charge in [0, 0.05) is 10.5 Å². The summed E-state index contributed by atoms with van der Waals surface area (Å²) in [5, 5.41) is 3.55. The number of hydrogen-bond acceptors (Lipinski definition) is 1. The maximum atomic E-state index is 3.55. The number of rotatable bonds is 1. The van der Waals surface area contributed by atoms with Gasteiger partial charge in [-0.05, 0) is 61.8 Å². The highest BCUT2D eigenvalue weighted by Crippen LogP contribution is 2.64. The van der Waals surface area contributed by atoms with Gasteiger partial charge in [-0.2, -0.15) is 0 Å². The van der Waals surface area contributed by atoms with Gasteiger partial charge in [-0.3, -0.25) is 0 Å². The molecule has 1 saturated heterocycles. The van der Waals surface area contributed by atoms with Crippen LogP contribution in [0.3, 0.4) is 0 Å². The van der Waals surface area contributed by atoms with Gasteiger partial charge in [0.05, 0.1) is 0 Å². The summed E-state index contributed by atoms with van der Waals surface area (Å²) in [5.41, 5.74) is 2.18. The van der Waals surface area contributed by atoms with E-state index in [1.165, 1.54) is 35.8 Å². The van der Waals surface area contributed by atoms with Gasteiger partial charge in [0.1, 0.15) is 0 Å². The number of nitrogens with one attached hydrogen (secondary N) is 1. The van der Waals surface area contributed by atoms with Gasteiger partial charge in [0.15, 0.2) is 0 Å². The van der Waals surface area contributed by atoms with Crippen LogP contribution in [0.2, 0.25) is 0 Å². The van der Waals surface area contributed by atoms with Gasteiger partial charge in [0.2, 0.25) is 0 Å². The molecule has 0 bridgehead atoms. The van der Waals surface area contributed by atoms with Crippen molar-refractivity contribution in [2.75, 3.05) is 6.54 Å². The molecule has 0 radical (unpaired) electrons. The van der Waals surface area contributed by atoms with Crippen molar-refractivity contribution in [3.05, 3.63) is 34.3 Å². The first-order chi connectivity index (χ1) is 7.70. The van der Waals surface area contributed by atoms with E-state index in [0.29, 0.717) is 11.5 Å². The molecule has 0 amide bonds. The second kappa shape index (κ2) is 3.85. The molecule has 1 saturated carbocycles. The maximum Gasteiger partial charge on any atom is 0.0175 e. The van der Waals surface area contributed by atoms with Crippen molar-refractivity contribution in [2.24, 2.45) is 5.41 Å². The second-order valence-corrected chi connectivity index (χ2v) is 6.40. The Morgan fingerprint density at radius 1 is 1.25 bits per heavy atom. The van der Waals surface area contributed by atoms with E-state index in [0.717, 1.165) is 5.92 Å². The van der Waals surface area contributed by atoms with Crippen LogP contribution < -0.4 is 5.32 Å². The van der Waals surface area contributed by atoms with Gasteiger partial charge < -0.3 is 5.32 Å². The van der Waals surface area contributed by atoms with Crippen molar-refractivity contribution in [3.63, 3.8) is 0 Å². The third-order valence-electron chi connectivity index (χ3n) is 4.29. The van der Waals surface area contributed by atoms with E-state index in [4.69, 9.17) is 0 Å². The highest BCUT2D eigenvalue weighted by Gasteiger charge is 2.55. The van der Waals surface area contributed by atoms with Crippen molar-refractivity contribution in [3.8, 4) is 0 Å². The number of benzene rings is 1. The molecule has 1 aliphatic heterocycles. The smallest absolute Gasteiger partial charge is 0.0175 e. The Hall–Kier alpha value is -0.340. The van der Waals surface area contributed by atoms with E-state index >= 15 is 0 Å². The van der Waals surface area contributed by atoms with Crippen LogP contribution in [0.5, 0.6) is 0 Å². The van der Waals surface area contributed by atoms with Crippen molar-refractivity contribution in [2.45, 2.75) is 38.1 Å². The fourth-order valence-corrected chi connectivity index (χ4v) is 3.63. The first kappa shape index (κ1) is 10.8. The Bertz CT molecular complexity index is 386. The van der Waals surface area contributed by atoms with Crippen LogP contribution in [0.4, 0.5) is 0 Å². The molecule has 1 aromatic rings. The largest absolute Gasteiger partial charge is 0.314 e. The van der Waals surface area contributed by atoms with Gasteiger partial charge in [-0.1, -0.05) is 28.1 Å². The topological polar surface area (TPSA) is 12.0 Å². The molecule has 2 unspecified atom stereocenters. The van der Waals surface area contributed by atoms with E-state index in [9.17, 15) is 0 Å². The van der Waals surface area contributed by atoms with Crippen LogP contribution in [-0.4, -0.2) is 12.6 Å². The summed E-state index contributed by atoms with van der Waals surface area (Å²) in [6.07, 6.45) is 4.12. The third kappa shape index (κ3) is 1.82. The van der Waals surface area contributed by atoms with Gasteiger partial charge in [0.25, 0.3) is 0 Å². The molecule has 1 heterocycles. The second-order valence-electron chi connectivity index (χ2n) is 5.48. The Morgan fingerprint density at radius 2 is 2.00 bits per heavy atom. The lowest BCUT2D eigenvalue weighted by atomic mass is 9.86. The van der Waals surface area contributed by atoms with E-state index < -0.39 is 0 Å². The zero-order chi connectivity index (χ0) is 11.2. The van der Waals surface area contributed by atoms with E-state index in [2.05, 4.69) is 52.4 Å². The van der Waals surface area contributed by atoms with Crippen molar-refractivity contribution in [1.29, 1.82) is 0 Å². The molecular weight excluding hydrogens is 262 g/mol. The minimum absolute atomic E-state index is 0.637. The van der Waals surface area contributed by atoms with E-state index in [1.54, 1.807) is 0 Å². The van der Waals surface area contributed by atoms with Crippen molar-refractivity contribution < 1.29 is 0 Å². The minimum Gasteiger partial charge on any atom is -0.314 e. The number of hydrogen-bond donors (Lipinski definition) is 1. The summed E-state index contributed by atoms with van der Waals surface area (Å²) >= 11 is 3.50. The Morgan fingerprint density at radius 3 is 2.69 bits per heavy atom. The van der Waals surface area contributed by atoms with Crippen LogP contribution in [0.15, 0.2) is 28.7 Å². The lowest BCUT2D eigenvalue weighted by Gasteiger charge is -2.29. The molecule has 1 spiro atoms. The normalized spacial score (nSPS) is 37.6. The molecule has 1 aromatic carbocycles. The molecule has 2 fully saturated rings. The molecule has 3 atom stereocenters. The van der Waals surface area contributed by atoms with Gasteiger partial charge in [-0.15, -0.1) is 0 Å². The van der Waals surface area contributed by atoms with E-state index in [1.807, 2.05) is 0 Å². The maximum absolute atomic E-state index is 3.55. The van der Waals surface area contributed by atoms with Crippen LogP contribution >= 0.6 is 15.9 Å². The molecule has 1 aliphatic carbocycles. The molecule has 2 heteroatoms. The monoisotopic (exact) mass is 279 g/mol. The quantitative estimate of drug-likeness (QED) is 0.827. The molecule has 3 rings (SSSR count). The first-order valence-corrected chi connectivity index (χ1v) is 6.98. The molecule has 1 nitrogen and oxygen atoms in total. The average molecular weight is 280 g/mol. The van der Waals surface area contributed by atoms with Crippen molar-refractivity contribution >= 4 is 15.9 Å². The van der Waals surface area contributed by atoms with Crippen molar-refractivity contribution in [1.82, 2.24) is 5.32 Å². The lowest BCUT2D eigenvalue weighted by molar-refractivity contribution is 0.287. The summed E-state index contributed by atoms with van der Waals surface area (Å²) in [5.74, 6) is 0.824. The highest BCUT2D eigenvalue weighted by atomic mass is 79.9. The molecular formula is C14H18BrN. The Labute approximate surface area is 106 Å². The van der Waals surface area contributed by atoms with Gasteiger partial charge >= 0.3 is 0 Å². The molecule has 16 heavy (non-hydrogen) atoms. The Kier molecular flexibility index (Phi) is 2.60. The SMILES string of the molecule is C[C@@H]1CC2(CCN1)CC2c1ccc(Br)cc1. The first-order valence-electron chi connectivity index (χ1n) is 6.18. The fourth-order valence-electron chi connectivity index (χ4n) is 3.37. The summed E-state index contributed by atoms with van der Waals surface area (Å²) in [6, 6.07) is 9.62. The van der Waals surface area contributed by atoms with Crippen LogP contribution in [0.1, 0.15) is 37.7 Å². The van der Waals surface area contributed by atoms with E-state index in [-0.39, 0.29) is 0 Å². The minimum atomic E-state index is 0.637. The summed E-state index contributed by atoms with van der Waals surface area (Å²) in [4.78, 5) is 0. The predicted octanol–water partition coefficient (Wildman–Crippen LogP) is 3.69. The summed E-state index contributed by atoms with van der Waals surface area (Å²) in [7, 11) is 0. The van der Waals surface area contributed by atoms with Crippen LogP contribution in [0, 0.1) is 5.41 Å². The standard InChI is InChI=1S/C14H18BrN/c1-10-8-14(6-7-16-10)9-13(14)11-2-4-12(15)5-3-11/h2-5,10,13,16H,6-9H2,1H3/t10-,13?,14?/m1/s1. The Balaban J connectivity index is 1.77. The number of halogens is 1. The predicted molar refractivity (Wildman–Crippen MR) is 70.6 cm³/mol. The zero-order valence-corrected chi connectivity index (χ0v) is 11.3. The van der Waals surface area contributed by atoms with Gasteiger partial charge in [-0.25, -0.2) is 0 Å². The molecule has 0 aromatic heterocycles. The summed E-state index contributed by atoms with van der Waals surface area (Å²) < 4.78 is 1.18. The molecule has 2 aliphatic rings. The van der Waals surface area contributed by atoms with Crippen LogP contribution in [-0.2, 0) is 0 Å². The lowest BCUT2D eigenvalue weighted by Crippen LogP contribution is -2.37. The number of piperidine rings is 1. The van der Waals surface area contributed by atoms with Crippen LogP contribution in [0.25, 0.3) is 0 Å². The third-order valence-corrected chi connectivity index (χ3v) is 4.82. The average Bonchev–Trinajstić information content (AvgIpc) is 2.92. The molecule has 86 valence electrons. The highest BCUT2D eigenvalue weighted by molar-refractivity contribution is 9.10. The fraction of sp³-hybridized carbons (Fsp3) is 0.571. The zero-order valence-electron chi connectivity index (χ0n) is 9.67.